The number of ether oxygens (including phenoxy) is 1. The summed E-state index contributed by atoms with van der Waals surface area (Å²) in [5, 5.41) is 9.30. The minimum atomic E-state index is 0.365. The number of hydrogen-bond acceptors (Lipinski definition) is 11. The molecule has 10 rings (SSSR count). The van der Waals surface area contributed by atoms with Crippen LogP contribution in [-0.4, -0.2) is 79.3 Å². The van der Waals surface area contributed by atoms with Gasteiger partial charge in [0.05, 0.1) is 25.6 Å². The fourth-order valence-electron chi connectivity index (χ4n) is 7.65. The predicted molar refractivity (Wildman–Crippen MR) is 213 cm³/mol. The van der Waals surface area contributed by atoms with E-state index in [0.29, 0.717) is 55.2 Å². The van der Waals surface area contributed by atoms with Crippen molar-refractivity contribution < 1.29 is 4.74 Å². The van der Waals surface area contributed by atoms with Crippen molar-refractivity contribution in [3.05, 3.63) is 108 Å². The van der Waals surface area contributed by atoms with E-state index in [1.165, 1.54) is 22.0 Å². The molecule has 0 spiro atoms. The smallest absolute Gasteiger partial charge is 0.182 e. The first kappa shape index (κ1) is 32.3. The van der Waals surface area contributed by atoms with E-state index >= 15 is 0 Å². The van der Waals surface area contributed by atoms with Crippen molar-refractivity contribution in [3.8, 4) is 0 Å². The number of hydrogen-bond donors (Lipinski definition) is 4. The summed E-state index contributed by atoms with van der Waals surface area (Å²) in [7, 11) is 0. The number of nitrogens with one attached hydrogen (secondary N) is 4. The number of anilines is 4. The first-order valence-corrected chi connectivity index (χ1v) is 18.7. The van der Waals surface area contributed by atoms with E-state index in [0.717, 1.165) is 78.3 Å². The Morgan fingerprint density at radius 2 is 1.33 bits per heavy atom. The van der Waals surface area contributed by atoms with Crippen LogP contribution in [0.2, 0.25) is 0 Å². The lowest BCUT2D eigenvalue weighted by atomic mass is 9.94. The van der Waals surface area contributed by atoms with Crippen molar-refractivity contribution in [1.82, 2.24) is 39.9 Å². The van der Waals surface area contributed by atoms with Crippen LogP contribution in [0.15, 0.2) is 91.4 Å². The molecule has 6 aromatic heterocycles. The van der Waals surface area contributed by atoms with Crippen LogP contribution >= 0.6 is 0 Å². The molecule has 0 saturated carbocycles. The minimum absolute atomic E-state index is 0.365. The average molecular weight is 717 g/mol. The van der Waals surface area contributed by atoms with Gasteiger partial charge < -0.3 is 35.1 Å². The van der Waals surface area contributed by atoms with Crippen LogP contribution in [0, 0.1) is 0 Å². The van der Waals surface area contributed by atoms with Crippen LogP contribution < -0.4 is 20.4 Å². The molecule has 13 heteroatoms. The monoisotopic (exact) mass is 716 g/mol. The standard InChI is InChI=1S/C41H40N12O/c1-2-30(25-53(13-1)39-10-8-32-41(51-39)49-36(23-44-32)45-21-26-3-5-28-11-12-42-33(28)18-26)35-20-29-6-4-27(19-34(29)47-35)22-46-37-24-43-31-7-9-38(50-40(31)48-37)52-14-16-54-17-15-52/h3-12,18-20,23-24,30,42,47H,1-2,13-17,21-22,25H2,(H,45,49,51)(H,46,48,50). The number of morpholine rings is 1. The third kappa shape index (κ3) is 6.58. The van der Waals surface area contributed by atoms with E-state index < -0.39 is 0 Å². The highest BCUT2D eigenvalue weighted by Crippen LogP contribution is 2.32. The minimum Gasteiger partial charge on any atom is -0.378 e. The molecular weight excluding hydrogens is 677 g/mol. The molecular formula is C41H40N12O. The van der Waals surface area contributed by atoms with Gasteiger partial charge in [0.15, 0.2) is 11.3 Å². The highest BCUT2D eigenvalue weighted by Gasteiger charge is 2.24. The topological polar surface area (TPSA) is 149 Å². The number of fused-ring (bicyclic) bond motifs is 4. The second-order valence-electron chi connectivity index (χ2n) is 14.2. The van der Waals surface area contributed by atoms with Gasteiger partial charge in [-0.15, -0.1) is 0 Å². The molecule has 1 unspecified atom stereocenters. The van der Waals surface area contributed by atoms with Crippen LogP contribution in [0.5, 0.6) is 0 Å². The largest absolute Gasteiger partial charge is 0.378 e. The molecule has 0 radical (unpaired) electrons. The van der Waals surface area contributed by atoms with Gasteiger partial charge in [-0.2, -0.15) is 0 Å². The maximum absolute atomic E-state index is 5.50. The van der Waals surface area contributed by atoms with Crippen molar-refractivity contribution in [2.24, 2.45) is 0 Å². The summed E-state index contributed by atoms with van der Waals surface area (Å²) in [4.78, 5) is 40.3. The summed E-state index contributed by atoms with van der Waals surface area (Å²) < 4.78 is 5.50. The molecule has 8 heterocycles. The van der Waals surface area contributed by atoms with Crippen LogP contribution in [0.4, 0.5) is 23.3 Å². The van der Waals surface area contributed by atoms with Gasteiger partial charge in [-0.1, -0.05) is 24.3 Å². The van der Waals surface area contributed by atoms with Gasteiger partial charge in [0.25, 0.3) is 0 Å². The summed E-state index contributed by atoms with van der Waals surface area (Å²) in [5.41, 5.74) is 8.70. The van der Waals surface area contributed by atoms with Crippen LogP contribution in [0.3, 0.4) is 0 Å². The molecule has 13 nitrogen and oxygen atoms in total. The maximum atomic E-state index is 5.50. The molecule has 1 atom stereocenters. The maximum Gasteiger partial charge on any atom is 0.182 e. The van der Waals surface area contributed by atoms with Crippen LogP contribution in [0.1, 0.15) is 35.6 Å². The van der Waals surface area contributed by atoms with Crippen molar-refractivity contribution >= 4 is 67.4 Å². The molecule has 2 saturated heterocycles. The second kappa shape index (κ2) is 13.9. The molecule has 2 aromatic carbocycles. The van der Waals surface area contributed by atoms with Crippen molar-refractivity contribution in [3.63, 3.8) is 0 Å². The lowest BCUT2D eigenvalue weighted by Crippen LogP contribution is -2.36. The number of aromatic amines is 2. The number of benzene rings is 2. The van der Waals surface area contributed by atoms with E-state index in [4.69, 9.17) is 24.7 Å². The Bertz CT molecular complexity index is 2610. The number of H-pyrrole nitrogens is 2. The Morgan fingerprint density at radius 1 is 0.667 bits per heavy atom. The van der Waals surface area contributed by atoms with Crippen molar-refractivity contribution in [2.75, 3.05) is 59.8 Å². The molecule has 270 valence electrons. The van der Waals surface area contributed by atoms with Crippen molar-refractivity contribution in [1.29, 1.82) is 0 Å². The van der Waals surface area contributed by atoms with Crippen LogP contribution in [0.25, 0.3) is 44.1 Å². The summed E-state index contributed by atoms with van der Waals surface area (Å²) >= 11 is 0. The third-order valence-electron chi connectivity index (χ3n) is 10.6. The molecule has 0 bridgehead atoms. The lowest BCUT2D eigenvalue weighted by molar-refractivity contribution is 0.122. The first-order valence-electron chi connectivity index (χ1n) is 18.7. The van der Waals surface area contributed by atoms with E-state index in [1.807, 2.05) is 24.4 Å². The molecule has 4 N–H and O–H groups in total. The summed E-state index contributed by atoms with van der Waals surface area (Å²) in [5.74, 6) is 3.63. The van der Waals surface area contributed by atoms with Gasteiger partial charge in [0.1, 0.15) is 34.3 Å². The fourth-order valence-corrected chi connectivity index (χ4v) is 7.65. The molecule has 0 amide bonds. The van der Waals surface area contributed by atoms with E-state index in [-0.39, 0.29) is 0 Å². The Balaban J connectivity index is 0.803. The zero-order chi connectivity index (χ0) is 35.8. The van der Waals surface area contributed by atoms with Gasteiger partial charge >= 0.3 is 0 Å². The van der Waals surface area contributed by atoms with E-state index in [9.17, 15) is 0 Å². The Labute approximate surface area is 311 Å². The highest BCUT2D eigenvalue weighted by atomic mass is 16.5. The Hall–Kier alpha value is -6.34. The first-order chi connectivity index (χ1) is 26.7. The molecule has 2 aliphatic rings. The van der Waals surface area contributed by atoms with Gasteiger partial charge in [-0.3, -0.25) is 0 Å². The van der Waals surface area contributed by atoms with E-state index in [1.54, 1.807) is 12.4 Å². The quantitative estimate of drug-likeness (QED) is 0.125. The third-order valence-corrected chi connectivity index (χ3v) is 10.6. The van der Waals surface area contributed by atoms with Gasteiger partial charge in [-0.25, -0.2) is 29.9 Å². The fraction of sp³-hybridized carbons (Fsp3) is 0.268. The number of piperidine rings is 1. The number of nitrogens with zero attached hydrogens (tertiary/aromatic N) is 8. The molecule has 54 heavy (non-hydrogen) atoms. The Kier molecular flexibility index (Phi) is 8.32. The van der Waals surface area contributed by atoms with Crippen molar-refractivity contribution in [2.45, 2.75) is 31.8 Å². The highest BCUT2D eigenvalue weighted by molar-refractivity contribution is 5.82. The second-order valence-corrected chi connectivity index (χ2v) is 14.2. The van der Waals surface area contributed by atoms with Gasteiger partial charge in [0, 0.05) is 68.1 Å². The van der Waals surface area contributed by atoms with E-state index in [2.05, 4.69) is 95.0 Å². The lowest BCUT2D eigenvalue weighted by Gasteiger charge is -2.33. The average Bonchev–Trinajstić information content (AvgIpc) is 3.89. The number of aromatic nitrogens is 8. The molecule has 0 aliphatic carbocycles. The van der Waals surface area contributed by atoms with Gasteiger partial charge in [-0.05, 0) is 83.3 Å². The number of pyridine rings is 2. The van der Waals surface area contributed by atoms with Crippen LogP contribution in [-0.2, 0) is 17.8 Å². The van der Waals surface area contributed by atoms with Gasteiger partial charge in [0.2, 0.25) is 0 Å². The predicted octanol–water partition coefficient (Wildman–Crippen LogP) is 6.77. The number of rotatable bonds is 9. The molecule has 2 fully saturated rings. The summed E-state index contributed by atoms with van der Waals surface area (Å²) in [6, 6.07) is 25.5. The Morgan fingerprint density at radius 3 is 2.06 bits per heavy atom. The summed E-state index contributed by atoms with van der Waals surface area (Å²) in [6.45, 7) is 6.21. The normalized spacial score (nSPS) is 16.5. The molecule has 2 aliphatic heterocycles. The SMILES string of the molecule is c1cc2ccc(CNc3cnc4ccc(N5CCCC(c6cc7ccc(CNc8cnc9ccc(N%10CCOCC%10)nc9n8)cc7[nH]6)C5)nc4n3)cc2[nH]1. The summed E-state index contributed by atoms with van der Waals surface area (Å²) in [6.07, 6.45) is 7.72. The zero-order valence-electron chi connectivity index (χ0n) is 29.8. The molecule has 8 aromatic rings. The zero-order valence-corrected chi connectivity index (χ0v) is 29.8.